The predicted molar refractivity (Wildman–Crippen MR) is 89.4 cm³/mol. The number of thiophene rings is 1. The second kappa shape index (κ2) is 6.84. The van der Waals surface area contributed by atoms with E-state index in [0.29, 0.717) is 18.3 Å². The molecule has 7 nitrogen and oxygen atoms in total. The molecule has 0 radical (unpaired) electrons. The molecule has 0 unspecified atom stereocenters. The summed E-state index contributed by atoms with van der Waals surface area (Å²) in [6, 6.07) is 4.00. The van der Waals surface area contributed by atoms with E-state index in [0.717, 1.165) is 49.7 Å². The number of hydrogen-bond donors (Lipinski definition) is 0. The van der Waals surface area contributed by atoms with E-state index in [1.807, 2.05) is 29.8 Å². The van der Waals surface area contributed by atoms with Crippen LogP contribution in [0.15, 0.2) is 31.9 Å². The zero-order chi connectivity index (χ0) is 16.4. The summed E-state index contributed by atoms with van der Waals surface area (Å²) in [4.78, 5) is 9.20. The van der Waals surface area contributed by atoms with Gasteiger partial charge in [0.2, 0.25) is 11.7 Å². The maximum absolute atomic E-state index is 5.38. The minimum Gasteiger partial charge on any atom is -0.360 e. The van der Waals surface area contributed by atoms with Gasteiger partial charge in [-0.15, -0.1) is 0 Å². The molecule has 1 aliphatic heterocycles. The summed E-state index contributed by atoms with van der Waals surface area (Å²) in [6.07, 6.45) is 0. The van der Waals surface area contributed by atoms with Crippen molar-refractivity contribution in [3.8, 4) is 11.4 Å². The summed E-state index contributed by atoms with van der Waals surface area (Å²) >= 11 is 1.63. The molecule has 0 atom stereocenters. The number of aryl methyl sites for hydroxylation is 1. The van der Waals surface area contributed by atoms with Crippen molar-refractivity contribution >= 4 is 11.3 Å². The van der Waals surface area contributed by atoms with Gasteiger partial charge in [0.15, 0.2) is 5.76 Å². The van der Waals surface area contributed by atoms with Crippen LogP contribution in [-0.2, 0) is 13.1 Å². The Balaban J connectivity index is 1.29. The van der Waals surface area contributed by atoms with E-state index < -0.39 is 0 Å². The van der Waals surface area contributed by atoms with Crippen LogP contribution in [0.1, 0.15) is 17.3 Å². The van der Waals surface area contributed by atoms with Gasteiger partial charge in [-0.1, -0.05) is 10.3 Å². The topological polar surface area (TPSA) is 71.4 Å². The quantitative estimate of drug-likeness (QED) is 0.703. The first-order valence-corrected chi connectivity index (χ1v) is 8.92. The van der Waals surface area contributed by atoms with E-state index in [4.69, 9.17) is 9.05 Å². The minimum atomic E-state index is 0.672. The van der Waals surface area contributed by atoms with Crippen LogP contribution in [0.3, 0.4) is 0 Å². The lowest BCUT2D eigenvalue weighted by Crippen LogP contribution is -2.45. The fraction of sp³-hybridized carbons (Fsp3) is 0.438. The van der Waals surface area contributed by atoms with E-state index in [9.17, 15) is 0 Å². The van der Waals surface area contributed by atoms with E-state index in [1.54, 1.807) is 11.3 Å². The third kappa shape index (κ3) is 3.55. The molecule has 4 heterocycles. The molecular weight excluding hydrogens is 326 g/mol. The highest BCUT2D eigenvalue weighted by atomic mass is 32.1. The molecule has 24 heavy (non-hydrogen) atoms. The Morgan fingerprint density at radius 3 is 2.54 bits per heavy atom. The first-order chi connectivity index (χ1) is 11.8. The molecule has 0 bridgehead atoms. The van der Waals surface area contributed by atoms with Gasteiger partial charge >= 0.3 is 0 Å². The Kier molecular flexibility index (Phi) is 4.42. The van der Waals surface area contributed by atoms with Crippen LogP contribution in [0.4, 0.5) is 0 Å². The normalized spacial score (nSPS) is 16.7. The average Bonchev–Trinajstić information content (AvgIpc) is 3.31. The highest BCUT2D eigenvalue weighted by molar-refractivity contribution is 7.08. The molecule has 8 heteroatoms. The Morgan fingerprint density at radius 2 is 1.88 bits per heavy atom. The maximum Gasteiger partial charge on any atom is 0.241 e. The number of aromatic nitrogens is 3. The van der Waals surface area contributed by atoms with E-state index in [1.165, 1.54) is 0 Å². The number of nitrogens with zero attached hydrogens (tertiary/aromatic N) is 5. The molecule has 1 saturated heterocycles. The summed E-state index contributed by atoms with van der Waals surface area (Å²) in [6.45, 7) is 7.40. The van der Waals surface area contributed by atoms with Crippen molar-refractivity contribution in [3.63, 3.8) is 0 Å². The Labute approximate surface area is 143 Å². The zero-order valence-corrected chi connectivity index (χ0v) is 14.3. The van der Waals surface area contributed by atoms with Gasteiger partial charge in [-0.2, -0.15) is 16.3 Å². The molecule has 0 saturated carbocycles. The van der Waals surface area contributed by atoms with Crippen molar-refractivity contribution < 1.29 is 9.05 Å². The highest BCUT2D eigenvalue weighted by Gasteiger charge is 2.20. The van der Waals surface area contributed by atoms with Crippen LogP contribution in [-0.4, -0.2) is 51.3 Å². The molecule has 0 N–H and O–H groups in total. The SMILES string of the molecule is Cc1cc(CN2CCN(Cc3nc(-c4ccsc4)no3)CC2)on1. The summed E-state index contributed by atoms with van der Waals surface area (Å²) < 4.78 is 10.7. The molecule has 0 spiro atoms. The highest BCUT2D eigenvalue weighted by Crippen LogP contribution is 2.19. The largest absolute Gasteiger partial charge is 0.360 e. The molecule has 0 aromatic carbocycles. The summed E-state index contributed by atoms with van der Waals surface area (Å²) in [5.41, 5.74) is 1.95. The van der Waals surface area contributed by atoms with Crippen LogP contribution >= 0.6 is 11.3 Å². The third-order valence-electron chi connectivity index (χ3n) is 4.13. The van der Waals surface area contributed by atoms with Gasteiger partial charge < -0.3 is 9.05 Å². The van der Waals surface area contributed by atoms with Gasteiger partial charge in [0, 0.05) is 43.2 Å². The lowest BCUT2D eigenvalue weighted by Gasteiger charge is -2.33. The molecule has 1 aliphatic rings. The molecule has 1 fully saturated rings. The van der Waals surface area contributed by atoms with Gasteiger partial charge in [-0.25, -0.2) is 0 Å². The van der Waals surface area contributed by atoms with Crippen LogP contribution < -0.4 is 0 Å². The number of piperazine rings is 1. The van der Waals surface area contributed by atoms with Crippen LogP contribution in [0.25, 0.3) is 11.4 Å². The smallest absolute Gasteiger partial charge is 0.241 e. The van der Waals surface area contributed by atoms with Crippen LogP contribution in [0.5, 0.6) is 0 Å². The molecule has 0 amide bonds. The first kappa shape index (κ1) is 15.5. The predicted octanol–water partition coefficient (Wildman–Crippen LogP) is 2.41. The Bertz CT molecular complexity index is 774. The average molecular weight is 345 g/mol. The summed E-state index contributed by atoms with van der Waals surface area (Å²) in [5, 5.41) is 12.0. The van der Waals surface area contributed by atoms with Gasteiger partial charge in [0.1, 0.15) is 0 Å². The zero-order valence-electron chi connectivity index (χ0n) is 13.5. The van der Waals surface area contributed by atoms with Gasteiger partial charge in [-0.05, 0) is 18.4 Å². The molecular formula is C16H19N5O2S. The van der Waals surface area contributed by atoms with Crippen molar-refractivity contribution in [1.82, 2.24) is 25.1 Å². The summed E-state index contributed by atoms with van der Waals surface area (Å²) in [5.74, 6) is 2.28. The second-order valence-corrected chi connectivity index (χ2v) is 6.79. The van der Waals surface area contributed by atoms with E-state index in [-0.39, 0.29) is 0 Å². The van der Waals surface area contributed by atoms with E-state index >= 15 is 0 Å². The monoisotopic (exact) mass is 345 g/mol. The van der Waals surface area contributed by atoms with Crippen LogP contribution in [0, 0.1) is 6.92 Å². The fourth-order valence-electron chi connectivity index (χ4n) is 2.84. The van der Waals surface area contributed by atoms with Crippen molar-refractivity contribution in [3.05, 3.63) is 40.2 Å². The van der Waals surface area contributed by atoms with Gasteiger partial charge in [0.05, 0.1) is 18.8 Å². The Morgan fingerprint density at radius 1 is 1.08 bits per heavy atom. The van der Waals surface area contributed by atoms with Crippen molar-refractivity contribution in [1.29, 1.82) is 0 Å². The molecule has 126 valence electrons. The molecule has 0 aliphatic carbocycles. The van der Waals surface area contributed by atoms with Gasteiger partial charge in [-0.3, -0.25) is 9.80 Å². The first-order valence-electron chi connectivity index (χ1n) is 7.98. The summed E-state index contributed by atoms with van der Waals surface area (Å²) in [7, 11) is 0. The minimum absolute atomic E-state index is 0.672. The molecule has 4 rings (SSSR count). The Hall–Kier alpha value is -2.03. The van der Waals surface area contributed by atoms with Crippen molar-refractivity contribution in [2.75, 3.05) is 26.2 Å². The number of rotatable bonds is 5. The maximum atomic E-state index is 5.38. The molecule has 3 aromatic rings. The lowest BCUT2D eigenvalue weighted by atomic mass is 10.3. The number of hydrogen-bond acceptors (Lipinski definition) is 8. The fourth-order valence-corrected chi connectivity index (χ4v) is 3.47. The van der Waals surface area contributed by atoms with Crippen molar-refractivity contribution in [2.45, 2.75) is 20.0 Å². The van der Waals surface area contributed by atoms with Gasteiger partial charge in [0.25, 0.3) is 0 Å². The van der Waals surface area contributed by atoms with Crippen molar-refractivity contribution in [2.24, 2.45) is 0 Å². The van der Waals surface area contributed by atoms with E-state index in [2.05, 4.69) is 25.1 Å². The third-order valence-corrected chi connectivity index (χ3v) is 4.81. The molecule has 3 aromatic heterocycles. The second-order valence-electron chi connectivity index (χ2n) is 6.01. The van der Waals surface area contributed by atoms with Crippen LogP contribution in [0.2, 0.25) is 0 Å². The lowest BCUT2D eigenvalue weighted by molar-refractivity contribution is 0.105. The standard InChI is InChI=1S/C16H19N5O2S/c1-12-8-14(22-18-12)9-20-3-5-21(6-4-20)10-15-17-16(19-23-15)13-2-7-24-11-13/h2,7-8,11H,3-6,9-10H2,1H3.